The van der Waals surface area contributed by atoms with Gasteiger partial charge in [-0.3, -0.25) is 0 Å². The van der Waals surface area contributed by atoms with Crippen LogP contribution in [0.5, 0.6) is 0 Å². The molecule has 4 heteroatoms. The SMILES string of the molecule is CC.Cc1ccccc1N(c1ccc2c(c1)C(C)(C)c1cc(N(c3ccccc3)c3ccccc3)c3ccccc3c1-2)c1ccc(SI)c2ccccc12. The topological polar surface area (TPSA) is 6.48 Å². The Hall–Kier alpha value is -5.04. The van der Waals surface area contributed by atoms with Crippen molar-refractivity contribution >= 4 is 85.8 Å². The first-order valence-electron chi connectivity index (χ1n) is 18.7. The van der Waals surface area contributed by atoms with Crippen LogP contribution in [0, 0.1) is 6.92 Å². The van der Waals surface area contributed by atoms with Gasteiger partial charge in [-0.15, -0.1) is 0 Å². The summed E-state index contributed by atoms with van der Waals surface area (Å²) in [5, 5.41) is 5.03. The number of anilines is 6. The zero-order valence-electron chi connectivity index (χ0n) is 31.3. The number of para-hydroxylation sites is 3. The van der Waals surface area contributed by atoms with Crippen molar-refractivity contribution in [1.82, 2.24) is 0 Å². The molecule has 0 fully saturated rings. The van der Waals surface area contributed by atoms with Crippen molar-refractivity contribution in [1.29, 1.82) is 0 Å². The normalized spacial score (nSPS) is 12.5. The van der Waals surface area contributed by atoms with Crippen LogP contribution in [0.1, 0.15) is 44.4 Å². The van der Waals surface area contributed by atoms with E-state index in [-0.39, 0.29) is 5.41 Å². The summed E-state index contributed by atoms with van der Waals surface area (Å²) in [6, 6.07) is 62.2. The number of halogens is 1. The molecule has 0 N–H and O–H groups in total. The summed E-state index contributed by atoms with van der Waals surface area (Å²) in [6.45, 7) is 11.0. The van der Waals surface area contributed by atoms with Crippen molar-refractivity contribution in [3.8, 4) is 11.1 Å². The van der Waals surface area contributed by atoms with Gasteiger partial charge in [0.05, 0.1) is 11.4 Å². The molecule has 0 amide bonds. The van der Waals surface area contributed by atoms with Gasteiger partial charge in [-0.25, -0.2) is 0 Å². The minimum atomic E-state index is -0.250. The molecule has 0 radical (unpaired) electrons. The maximum atomic E-state index is 2.47. The third-order valence-electron chi connectivity index (χ3n) is 10.7. The lowest BCUT2D eigenvalue weighted by Gasteiger charge is -2.31. The smallest absolute Gasteiger partial charge is 0.0543 e. The van der Waals surface area contributed by atoms with Gasteiger partial charge in [0.25, 0.3) is 0 Å². The van der Waals surface area contributed by atoms with Crippen LogP contribution in [0.3, 0.4) is 0 Å². The van der Waals surface area contributed by atoms with Gasteiger partial charge >= 0.3 is 0 Å². The van der Waals surface area contributed by atoms with Crippen molar-refractivity contribution in [3.63, 3.8) is 0 Å². The first-order valence-corrected chi connectivity index (χ1v) is 22.1. The molecule has 266 valence electrons. The van der Waals surface area contributed by atoms with Crippen molar-refractivity contribution in [2.24, 2.45) is 0 Å². The molecule has 0 unspecified atom stereocenters. The molecule has 8 aromatic rings. The van der Waals surface area contributed by atoms with Gasteiger partial charge in [-0.05, 0) is 106 Å². The summed E-state index contributed by atoms with van der Waals surface area (Å²) in [5.41, 5.74) is 13.3. The van der Waals surface area contributed by atoms with Crippen molar-refractivity contribution < 1.29 is 0 Å². The van der Waals surface area contributed by atoms with E-state index in [9.17, 15) is 0 Å². The minimum Gasteiger partial charge on any atom is -0.310 e. The van der Waals surface area contributed by atoms with Crippen LogP contribution in [0.25, 0.3) is 32.7 Å². The number of rotatable bonds is 7. The van der Waals surface area contributed by atoms with E-state index in [1.165, 1.54) is 71.3 Å². The van der Waals surface area contributed by atoms with Crippen LogP contribution < -0.4 is 9.80 Å². The number of hydrogen-bond donors (Lipinski definition) is 0. The molecular formula is C50H43IN2S. The Morgan fingerprint density at radius 1 is 0.463 bits per heavy atom. The Kier molecular flexibility index (Phi) is 9.99. The second kappa shape index (κ2) is 15.0. The Morgan fingerprint density at radius 3 is 1.65 bits per heavy atom. The van der Waals surface area contributed by atoms with E-state index in [4.69, 9.17) is 0 Å². The van der Waals surface area contributed by atoms with Crippen LogP contribution >= 0.6 is 30.1 Å². The molecule has 54 heavy (non-hydrogen) atoms. The van der Waals surface area contributed by atoms with E-state index in [1.54, 1.807) is 8.93 Å². The van der Waals surface area contributed by atoms with E-state index in [2.05, 4.69) is 222 Å². The number of aryl methyl sites for hydroxylation is 1. The third-order valence-corrected chi connectivity index (χ3v) is 12.7. The van der Waals surface area contributed by atoms with Gasteiger partial charge < -0.3 is 9.80 Å². The van der Waals surface area contributed by atoms with Gasteiger partial charge in [-0.1, -0.05) is 146 Å². The van der Waals surface area contributed by atoms with Crippen LogP contribution in [0.15, 0.2) is 175 Å². The number of benzene rings is 8. The van der Waals surface area contributed by atoms with Gasteiger partial charge in [0, 0.05) is 65.0 Å². The highest BCUT2D eigenvalue weighted by Gasteiger charge is 2.38. The van der Waals surface area contributed by atoms with Crippen molar-refractivity contribution in [2.45, 2.75) is 44.9 Å². The summed E-state index contributed by atoms with van der Waals surface area (Å²) in [4.78, 5) is 6.16. The van der Waals surface area contributed by atoms with Gasteiger partial charge in [0.2, 0.25) is 0 Å². The molecule has 0 saturated carbocycles. The number of fused-ring (bicyclic) bond motifs is 6. The molecule has 1 aliphatic rings. The van der Waals surface area contributed by atoms with Gasteiger partial charge in [0.15, 0.2) is 0 Å². The Bertz CT molecular complexity index is 2580. The first kappa shape index (κ1) is 36.0. The van der Waals surface area contributed by atoms with E-state index in [0.717, 1.165) is 17.1 Å². The molecule has 0 aromatic heterocycles. The highest BCUT2D eigenvalue weighted by molar-refractivity contribution is 14.2. The summed E-state index contributed by atoms with van der Waals surface area (Å²) in [7, 11) is 1.77. The molecule has 0 atom stereocenters. The second-order valence-electron chi connectivity index (χ2n) is 14.1. The Morgan fingerprint density at radius 2 is 1.02 bits per heavy atom. The van der Waals surface area contributed by atoms with E-state index < -0.39 is 0 Å². The van der Waals surface area contributed by atoms with Crippen molar-refractivity contribution in [2.75, 3.05) is 9.80 Å². The van der Waals surface area contributed by atoms with E-state index >= 15 is 0 Å². The fourth-order valence-corrected chi connectivity index (χ4v) is 9.73. The lowest BCUT2D eigenvalue weighted by Crippen LogP contribution is -2.18. The third kappa shape index (κ3) is 6.06. The van der Waals surface area contributed by atoms with Crippen LogP contribution in [0.2, 0.25) is 0 Å². The zero-order chi connectivity index (χ0) is 37.4. The predicted octanol–water partition coefficient (Wildman–Crippen LogP) is 16.0. The molecule has 0 aliphatic heterocycles. The summed E-state index contributed by atoms with van der Waals surface area (Å²) in [6.07, 6.45) is 0. The minimum absolute atomic E-state index is 0.250. The standard InChI is InChI=1S/C48H37IN2S.C2H6/c1-32-16-10-15-25-43(32)51(44-28-29-46(52-49)38-23-13-11-21-36(38)44)35-26-27-40-41(30-35)48(2,3)42-31-45(37-22-12-14-24-39(37)47(40)42)50(33-17-6-4-7-18-33)34-19-8-5-9-20-34;1-2/h4-31H,1-3H3;1-2H3. The van der Waals surface area contributed by atoms with Gasteiger partial charge in [-0.2, -0.15) is 0 Å². The largest absolute Gasteiger partial charge is 0.310 e. The second-order valence-corrected chi connectivity index (χ2v) is 16.0. The maximum Gasteiger partial charge on any atom is 0.0543 e. The molecular weight excluding hydrogens is 788 g/mol. The zero-order valence-corrected chi connectivity index (χ0v) is 34.3. The first-order chi connectivity index (χ1) is 26.5. The maximum absolute atomic E-state index is 2.47. The van der Waals surface area contributed by atoms with Crippen LogP contribution in [0.4, 0.5) is 34.1 Å². The number of hydrogen-bond acceptors (Lipinski definition) is 3. The molecule has 9 rings (SSSR count). The van der Waals surface area contributed by atoms with Crippen molar-refractivity contribution in [3.05, 3.63) is 187 Å². The highest BCUT2D eigenvalue weighted by Crippen LogP contribution is 2.56. The van der Waals surface area contributed by atoms with Gasteiger partial charge in [0.1, 0.15) is 0 Å². The predicted molar refractivity (Wildman–Crippen MR) is 244 cm³/mol. The molecule has 8 aromatic carbocycles. The average molecular weight is 831 g/mol. The summed E-state index contributed by atoms with van der Waals surface area (Å²) in [5.74, 6) is 0. The summed E-state index contributed by atoms with van der Waals surface area (Å²) < 4.78 is 0. The van der Waals surface area contributed by atoms with Crippen LogP contribution in [-0.2, 0) is 5.41 Å². The van der Waals surface area contributed by atoms with E-state index in [1.807, 2.05) is 13.8 Å². The number of nitrogens with zero attached hydrogens (tertiary/aromatic N) is 2. The summed E-state index contributed by atoms with van der Waals surface area (Å²) >= 11 is 2.40. The van der Waals surface area contributed by atoms with E-state index in [0.29, 0.717) is 0 Å². The monoisotopic (exact) mass is 830 g/mol. The lowest BCUT2D eigenvalue weighted by molar-refractivity contribution is 0.661. The van der Waals surface area contributed by atoms with Crippen LogP contribution in [-0.4, -0.2) is 0 Å². The highest BCUT2D eigenvalue weighted by atomic mass is 127. The Labute approximate surface area is 336 Å². The molecule has 0 bridgehead atoms. The molecule has 0 spiro atoms. The quantitative estimate of drug-likeness (QED) is 0.148. The molecule has 0 heterocycles. The fourth-order valence-electron chi connectivity index (χ4n) is 8.20. The molecule has 2 nitrogen and oxygen atoms in total. The Balaban J connectivity index is 0.00000203. The average Bonchev–Trinajstić information content (AvgIpc) is 3.45. The molecule has 1 aliphatic carbocycles. The fraction of sp³-hybridized carbons (Fsp3) is 0.120. The molecule has 0 saturated heterocycles. The lowest BCUT2D eigenvalue weighted by atomic mass is 9.81.